The SMILES string of the molecule is C=N\C(Cl)=C/N=C(C)\C(F)=C\I. The molecule has 0 saturated carbocycles. The second kappa shape index (κ2) is 6.30. The zero-order valence-corrected chi connectivity index (χ0v) is 9.30. The number of hydrogen-bond acceptors (Lipinski definition) is 2. The van der Waals surface area contributed by atoms with E-state index in [4.69, 9.17) is 11.6 Å². The minimum atomic E-state index is -0.389. The number of hydrogen-bond donors (Lipinski definition) is 0. The van der Waals surface area contributed by atoms with E-state index in [0.717, 1.165) is 0 Å². The summed E-state index contributed by atoms with van der Waals surface area (Å²) in [7, 11) is 0. The first-order valence-corrected chi connectivity index (χ1v) is 4.57. The van der Waals surface area contributed by atoms with Crippen LogP contribution in [0.25, 0.3) is 0 Å². The molecule has 0 unspecified atom stereocenters. The summed E-state index contributed by atoms with van der Waals surface area (Å²) in [5.41, 5.74) is 0.256. The molecule has 5 heteroatoms. The van der Waals surface area contributed by atoms with Gasteiger partial charge in [-0.1, -0.05) is 11.6 Å². The fourth-order valence-corrected chi connectivity index (χ4v) is 0.831. The molecule has 0 aliphatic carbocycles. The molecule has 2 nitrogen and oxygen atoms in total. The molecule has 66 valence electrons. The van der Waals surface area contributed by atoms with Gasteiger partial charge in [-0.2, -0.15) is 0 Å². The third-order valence-corrected chi connectivity index (χ3v) is 1.72. The summed E-state index contributed by atoms with van der Waals surface area (Å²) in [4.78, 5) is 7.08. The van der Waals surface area contributed by atoms with Gasteiger partial charge < -0.3 is 0 Å². The van der Waals surface area contributed by atoms with Gasteiger partial charge in [0.2, 0.25) is 0 Å². The molecule has 0 heterocycles. The fraction of sp³-hybridized carbons (Fsp3) is 0.143. The summed E-state index contributed by atoms with van der Waals surface area (Å²) in [5, 5.41) is 0.135. The highest BCUT2D eigenvalue weighted by molar-refractivity contribution is 14.1. The Morgan fingerprint density at radius 2 is 2.25 bits per heavy atom. The van der Waals surface area contributed by atoms with Crippen molar-refractivity contribution < 1.29 is 4.39 Å². The van der Waals surface area contributed by atoms with Crippen molar-refractivity contribution >= 4 is 46.6 Å². The van der Waals surface area contributed by atoms with Gasteiger partial charge in [0.25, 0.3) is 0 Å². The van der Waals surface area contributed by atoms with Crippen LogP contribution in [0.2, 0.25) is 0 Å². The first-order chi connectivity index (χ1) is 5.61. The standard InChI is InChI=1S/C7H7ClFIN2/c1-5(6(9)3-10)12-4-7(8)11-2/h3-4H,2H2,1H3/b6-3-,7-4-,12-5-. The van der Waals surface area contributed by atoms with Crippen LogP contribution >= 0.6 is 34.2 Å². The number of aliphatic imine (C=N–C) groups is 2. The third-order valence-electron chi connectivity index (χ3n) is 0.957. The van der Waals surface area contributed by atoms with E-state index in [0.29, 0.717) is 0 Å². The summed E-state index contributed by atoms with van der Waals surface area (Å²) in [6.07, 6.45) is 1.24. The number of halogens is 3. The van der Waals surface area contributed by atoms with Crippen LogP contribution in [0.3, 0.4) is 0 Å². The fourth-order valence-electron chi connectivity index (χ4n) is 0.332. The summed E-state index contributed by atoms with van der Waals surface area (Å²) in [6, 6.07) is 0. The Hall–Kier alpha value is -0.230. The zero-order chi connectivity index (χ0) is 9.56. The number of rotatable bonds is 3. The molecular weight excluding hydrogens is 293 g/mol. The Morgan fingerprint density at radius 1 is 1.67 bits per heavy atom. The quantitative estimate of drug-likeness (QED) is 0.433. The van der Waals surface area contributed by atoms with E-state index >= 15 is 0 Å². The van der Waals surface area contributed by atoms with Crippen LogP contribution < -0.4 is 0 Å². The Labute approximate surface area is 89.1 Å². The van der Waals surface area contributed by atoms with Gasteiger partial charge in [-0.15, -0.1) is 0 Å². The van der Waals surface area contributed by atoms with Crippen molar-refractivity contribution in [2.75, 3.05) is 0 Å². The highest BCUT2D eigenvalue weighted by Gasteiger charge is 1.96. The molecule has 0 aromatic rings. The van der Waals surface area contributed by atoms with Crippen LogP contribution in [0.15, 0.2) is 31.3 Å². The highest BCUT2D eigenvalue weighted by atomic mass is 127. The van der Waals surface area contributed by atoms with E-state index < -0.39 is 0 Å². The Morgan fingerprint density at radius 3 is 2.67 bits per heavy atom. The van der Waals surface area contributed by atoms with Crippen LogP contribution in [-0.2, 0) is 0 Å². The van der Waals surface area contributed by atoms with Gasteiger partial charge in [0.15, 0.2) is 0 Å². The Bertz CT molecular complexity index is 258. The smallest absolute Gasteiger partial charge is 0.150 e. The molecule has 0 aliphatic rings. The molecule has 0 N–H and O–H groups in total. The van der Waals surface area contributed by atoms with Crippen LogP contribution in [0.4, 0.5) is 4.39 Å². The van der Waals surface area contributed by atoms with Crippen molar-refractivity contribution in [3.8, 4) is 0 Å². The molecule has 0 aromatic heterocycles. The van der Waals surface area contributed by atoms with Gasteiger partial charge >= 0.3 is 0 Å². The Kier molecular flexibility index (Phi) is 6.18. The molecule has 12 heavy (non-hydrogen) atoms. The third kappa shape index (κ3) is 4.61. The predicted octanol–water partition coefficient (Wildman–Crippen LogP) is 3.43. The average molecular weight is 301 g/mol. The van der Waals surface area contributed by atoms with Gasteiger partial charge in [-0.25, -0.2) is 4.39 Å². The van der Waals surface area contributed by atoms with E-state index in [1.54, 1.807) is 22.6 Å². The van der Waals surface area contributed by atoms with Gasteiger partial charge in [0, 0.05) is 4.08 Å². The van der Waals surface area contributed by atoms with Crippen molar-refractivity contribution in [3.63, 3.8) is 0 Å². The maximum absolute atomic E-state index is 12.7. The van der Waals surface area contributed by atoms with E-state index in [1.807, 2.05) is 0 Å². The van der Waals surface area contributed by atoms with Crippen LogP contribution in [0.5, 0.6) is 0 Å². The minimum absolute atomic E-state index is 0.135. The topological polar surface area (TPSA) is 24.7 Å². The van der Waals surface area contributed by atoms with Crippen molar-refractivity contribution in [1.29, 1.82) is 0 Å². The largest absolute Gasteiger partial charge is 0.255 e. The molecule has 0 fully saturated rings. The molecule has 0 saturated heterocycles. The molecule has 0 radical (unpaired) electrons. The molecule has 0 bridgehead atoms. The van der Waals surface area contributed by atoms with Gasteiger partial charge in [0.1, 0.15) is 11.0 Å². The molecule has 0 spiro atoms. The minimum Gasteiger partial charge on any atom is -0.255 e. The summed E-state index contributed by atoms with van der Waals surface area (Å²) in [6.45, 7) is 4.71. The predicted molar refractivity (Wildman–Crippen MR) is 59.8 cm³/mol. The second-order valence-corrected chi connectivity index (χ2v) is 2.79. The Balaban J connectivity index is 4.48. The van der Waals surface area contributed by atoms with Crippen molar-refractivity contribution in [3.05, 3.63) is 21.3 Å². The average Bonchev–Trinajstić information content (AvgIpc) is 2.11. The molecule has 0 rings (SSSR count). The lowest BCUT2D eigenvalue weighted by molar-refractivity contribution is 0.684. The lowest BCUT2D eigenvalue weighted by Gasteiger charge is -1.91. The molecular formula is C7H7ClFIN2. The normalized spacial score (nSPS) is 14.8. The number of allylic oxidation sites excluding steroid dienone is 1. The van der Waals surface area contributed by atoms with Gasteiger partial charge in [-0.05, 0) is 36.2 Å². The summed E-state index contributed by atoms with van der Waals surface area (Å²) in [5.74, 6) is -0.389. The monoisotopic (exact) mass is 300 g/mol. The second-order valence-electron chi connectivity index (χ2n) is 1.78. The highest BCUT2D eigenvalue weighted by Crippen LogP contribution is 2.06. The van der Waals surface area contributed by atoms with Gasteiger partial charge in [0.05, 0.1) is 11.9 Å². The van der Waals surface area contributed by atoms with Crippen LogP contribution in [0, 0.1) is 0 Å². The van der Waals surface area contributed by atoms with Crippen molar-refractivity contribution in [1.82, 2.24) is 0 Å². The van der Waals surface area contributed by atoms with Crippen molar-refractivity contribution in [2.45, 2.75) is 6.92 Å². The maximum Gasteiger partial charge on any atom is 0.150 e. The molecule has 0 aliphatic heterocycles. The number of nitrogens with zero attached hydrogens (tertiary/aromatic N) is 2. The lowest BCUT2D eigenvalue weighted by Crippen LogP contribution is -1.88. The molecule has 0 aromatic carbocycles. The van der Waals surface area contributed by atoms with E-state index in [9.17, 15) is 4.39 Å². The molecule has 0 atom stereocenters. The van der Waals surface area contributed by atoms with Gasteiger partial charge in [-0.3, -0.25) is 9.98 Å². The van der Waals surface area contributed by atoms with E-state index in [1.165, 1.54) is 17.2 Å². The van der Waals surface area contributed by atoms with E-state index in [-0.39, 0.29) is 16.7 Å². The summed E-state index contributed by atoms with van der Waals surface area (Å²) >= 11 is 7.23. The maximum atomic E-state index is 12.7. The van der Waals surface area contributed by atoms with Crippen molar-refractivity contribution in [2.24, 2.45) is 9.98 Å². The zero-order valence-electron chi connectivity index (χ0n) is 6.39. The first kappa shape index (κ1) is 11.8. The first-order valence-electron chi connectivity index (χ1n) is 2.95. The lowest BCUT2D eigenvalue weighted by atomic mass is 10.4. The van der Waals surface area contributed by atoms with E-state index in [2.05, 4.69) is 16.7 Å². The summed E-state index contributed by atoms with van der Waals surface area (Å²) < 4.78 is 14.0. The van der Waals surface area contributed by atoms with Crippen LogP contribution in [-0.4, -0.2) is 12.4 Å². The molecule has 0 amide bonds. The van der Waals surface area contributed by atoms with Crippen LogP contribution in [0.1, 0.15) is 6.92 Å².